The van der Waals surface area contributed by atoms with Crippen LogP contribution < -0.4 is 0 Å². The largest absolute Gasteiger partial charge is 0.341 e. The molecule has 0 aliphatic heterocycles. The molecule has 3 nitrogen and oxygen atoms in total. The van der Waals surface area contributed by atoms with Gasteiger partial charge < -0.3 is 4.90 Å². The molecule has 0 aromatic heterocycles. The summed E-state index contributed by atoms with van der Waals surface area (Å²) in [5, 5.41) is 11.0. The van der Waals surface area contributed by atoms with Gasteiger partial charge in [0.25, 0.3) is 5.91 Å². The van der Waals surface area contributed by atoms with E-state index in [9.17, 15) is 14.4 Å². The lowest BCUT2D eigenvalue weighted by Crippen LogP contribution is -2.31. The molecule has 0 heterocycles. The van der Waals surface area contributed by atoms with Crippen molar-refractivity contribution in [2.24, 2.45) is 0 Å². The minimum absolute atomic E-state index is 0.0115. The van der Waals surface area contributed by atoms with Crippen LogP contribution in [0.15, 0.2) is 73.3 Å². The highest BCUT2D eigenvalue weighted by atomic mass is 19.1. The van der Waals surface area contributed by atoms with E-state index in [0.717, 1.165) is 16.3 Å². The highest BCUT2D eigenvalue weighted by molar-refractivity contribution is 6.07. The van der Waals surface area contributed by atoms with E-state index in [2.05, 4.69) is 12.6 Å². The molecule has 0 aliphatic rings. The van der Waals surface area contributed by atoms with Crippen LogP contribution in [0.5, 0.6) is 0 Å². The number of amides is 1. The number of hydrogen-bond donors (Lipinski definition) is 0. The maximum atomic E-state index is 13.3. The van der Waals surface area contributed by atoms with Gasteiger partial charge in [-0.3, -0.25) is 4.79 Å². The number of rotatable bonds is 6. The Balaban J connectivity index is 1.91. The first-order valence-corrected chi connectivity index (χ1v) is 9.08. The van der Waals surface area contributed by atoms with Crippen molar-refractivity contribution in [2.45, 2.75) is 12.3 Å². The van der Waals surface area contributed by atoms with Crippen molar-refractivity contribution in [3.8, 4) is 6.07 Å². The average Bonchev–Trinajstić information content (AvgIpc) is 2.72. The lowest BCUT2D eigenvalue weighted by molar-refractivity contribution is 0.0788. The number of benzene rings is 3. The van der Waals surface area contributed by atoms with Gasteiger partial charge in [-0.1, -0.05) is 42.5 Å². The van der Waals surface area contributed by atoms with Gasteiger partial charge in [0, 0.05) is 25.1 Å². The zero-order valence-corrected chi connectivity index (χ0v) is 15.7. The highest BCUT2D eigenvalue weighted by Crippen LogP contribution is 2.25. The molecule has 0 aliphatic carbocycles. The standard InChI is InChI=1S/C24H21FN2O/c1-3-6-20(18-9-11-21(25)12-10-18)16-27(2)24(28)23-14-17(15-26)13-19-7-4-5-8-22(19)23/h3-5,7-14,20H,1,6,16H2,2H3. The van der Waals surface area contributed by atoms with Crippen molar-refractivity contribution in [3.05, 3.63) is 95.8 Å². The maximum Gasteiger partial charge on any atom is 0.254 e. The Morgan fingerprint density at radius 2 is 1.93 bits per heavy atom. The number of allylic oxidation sites excluding steroid dienone is 1. The predicted molar refractivity (Wildman–Crippen MR) is 110 cm³/mol. The molecule has 140 valence electrons. The number of carbonyl (C=O) groups excluding carboxylic acids is 1. The van der Waals surface area contributed by atoms with Crippen molar-refractivity contribution < 1.29 is 9.18 Å². The topological polar surface area (TPSA) is 44.1 Å². The van der Waals surface area contributed by atoms with Crippen LogP contribution in [0.3, 0.4) is 0 Å². The minimum atomic E-state index is -0.287. The molecule has 1 unspecified atom stereocenters. The van der Waals surface area contributed by atoms with Crippen molar-refractivity contribution in [1.29, 1.82) is 5.26 Å². The monoisotopic (exact) mass is 372 g/mol. The van der Waals surface area contributed by atoms with Gasteiger partial charge in [0.15, 0.2) is 0 Å². The lowest BCUT2D eigenvalue weighted by atomic mass is 9.94. The number of nitrogens with zero attached hydrogens (tertiary/aromatic N) is 2. The van der Waals surface area contributed by atoms with Crippen LogP contribution in [0.25, 0.3) is 10.8 Å². The van der Waals surface area contributed by atoms with Gasteiger partial charge in [0.1, 0.15) is 5.82 Å². The summed E-state index contributed by atoms with van der Waals surface area (Å²) in [4.78, 5) is 14.8. The van der Waals surface area contributed by atoms with E-state index in [1.165, 1.54) is 12.1 Å². The minimum Gasteiger partial charge on any atom is -0.341 e. The summed E-state index contributed by atoms with van der Waals surface area (Å²) in [5.74, 6) is -0.424. The molecule has 3 aromatic carbocycles. The molecule has 4 heteroatoms. The van der Waals surface area contributed by atoms with Gasteiger partial charge in [0.05, 0.1) is 11.6 Å². The zero-order valence-electron chi connectivity index (χ0n) is 15.7. The summed E-state index contributed by atoms with van der Waals surface area (Å²) in [6.07, 6.45) is 2.47. The van der Waals surface area contributed by atoms with Crippen LogP contribution >= 0.6 is 0 Å². The molecule has 3 rings (SSSR count). The normalized spacial score (nSPS) is 11.6. The van der Waals surface area contributed by atoms with Gasteiger partial charge >= 0.3 is 0 Å². The lowest BCUT2D eigenvalue weighted by Gasteiger charge is -2.24. The Kier molecular flexibility index (Phi) is 5.86. The third-order valence-corrected chi connectivity index (χ3v) is 4.85. The van der Waals surface area contributed by atoms with Gasteiger partial charge in [-0.15, -0.1) is 6.58 Å². The highest BCUT2D eigenvalue weighted by Gasteiger charge is 2.20. The number of fused-ring (bicyclic) bond motifs is 1. The molecule has 0 bridgehead atoms. The second kappa shape index (κ2) is 8.49. The third-order valence-electron chi connectivity index (χ3n) is 4.85. The Hall–Kier alpha value is -3.45. The number of nitriles is 1. The van der Waals surface area contributed by atoms with E-state index in [1.54, 1.807) is 42.3 Å². The smallest absolute Gasteiger partial charge is 0.254 e. The first-order valence-electron chi connectivity index (χ1n) is 9.08. The summed E-state index contributed by atoms with van der Waals surface area (Å²) in [6, 6.07) is 19.4. The summed E-state index contributed by atoms with van der Waals surface area (Å²) in [6.45, 7) is 4.26. The van der Waals surface area contributed by atoms with Crippen molar-refractivity contribution in [2.75, 3.05) is 13.6 Å². The summed E-state index contributed by atoms with van der Waals surface area (Å²) in [5.41, 5.74) is 1.92. The molecule has 1 atom stereocenters. The molecular weight excluding hydrogens is 351 g/mol. The average molecular weight is 372 g/mol. The van der Waals surface area contributed by atoms with Crippen LogP contribution in [0.2, 0.25) is 0 Å². The molecule has 3 aromatic rings. The van der Waals surface area contributed by atoms with Crippen LogP contribution in [0.1, 0.15) is 33.8 Å². The molecule has 1 amide bonds. The zero-order chi connectivity index (χ0) is 20.1. The van der Waals surface area contributed by atoms with E-state index in [4.69, 9.17) is 0 Å². The first-order chi connectivity index (χ1) is 13.5. The quantitative estimate of drug-likeness (QED) is 0.552. The van der Waals surface area contributed by atoms with E-state index in [1.807, 2.05) is 24.3 Å². The summed E-state index contributed by atoms with van der Waals surface area (Å²) < 4.78 is 13.3. The van der Waals surface area contributed by atoms with Crippen molar-refractivity contribution in [1.82, 2.24) is 4.90 Å². The Bertz CT molecular complexity index is 1050. The van der Waals surface area contributed by atoms with Gasteiger partial charge in [-0.05, 0) is 47.0 Å². The summed E-state index contributed by atoms with van der Waals surface area (Å²) in [7, 11) is 1.75. The van der Waals surface area contributed by atoms with E-state index in [0.29, 0.717) is 24.1 Å². The van der Waals surface area contributed by atoms with Crippen LogP contribution in [0.4, 0.5) is 4.39 Å². The van der Waals surface area contributed by atoms with Crippen molar-refractivity contribution in [3.63, 3.8) is 0 Å². The summed E-state index contributed by atoms with van der Waals surface area (Å²) >= 11 is 0. The van der Waals surface area contributed by atoms with Crippen molar-refractivity contribution >= 4 is 16.7 Å². The number of carbonyl (C=O) groups is 1. The SMILES string of the molecule is C=CCC(CN(C)C(=O)c1cc(C#N)cc2ccccc12)c1ccc(F)cc1. The first kappa shape index (κ1) is 19.3. The molecule has 0 radical (unpaired) electrons. The fourth-order valence-corrected chi connectivity index (χ4v) is 3.42. The molecule has 0 spiro atoms. The van der Waals surface area contributed by atoms with Crippen LogP contribution in [-0.4, -0.2) is 24.4 Å². The maximum absolute atomic E-state index is 13.3. The van der Waals surface area contributed by atoms with E-state index in [-0.39, 0.29) is 17.6 Å². The Labute approximate surface area is 164 Å². The third kappa shape index (κ3) is 4.10. The number of hydrogen-bond acceptors (Lipinski definition) is 2. The molecule has 0 saturated heterocycles. The van der Waals surface area contributed by atoms with Gasteiger partial charge in [0.2, 0.25) is 0 Å². The molecule has 0 fully saturated rings. The second-order valence-corrected chi connectivity index (χ2v) is 6.82. The molecule has 0 N–H and O–H groups in total. The molecular formula is C24H21FN2O. The van der Waals surface area contributed by atoms with Gasteiger partial charge in [-0.2, -0.15) is 5.26 Å². The second-order valence-electron chi connectivity index (χ2n) is 6.82. The molecule has 28 heavy (non-hydrogen) atoms. The number of halogens is 1. The Morgan fingerprint density at radius 1 is 1.21 bits per heavy atom. The van der Waals surface area contributed by atoms with E-state index >= 15 is 0 Å². The van der Waals surface area contributed by atoms with E-state index < -0.39 is 0 Å². The Morgan fingerprint density at radius 3 is 2.61 bits per heavy atom. The molecule has 0 saturated carbocycles. The number of likely N-dealkylation sites (N-methyl/N-ethyl adjacent to an activating group) is 1. The van der Waals surface area contributed by atoms with Crippen LogP contribution in [-0.2, 0) is 0 Å². The fraction of sp³-hybridized carbons (Fsp3) is 0.167. The predicted octanol–water partition coefficient (Wildman–Crippen LogP) is 5.28. The van der Waals surface area contributed by atoms with Crippen LogP contribution in [0, 0.1) is 17.1 Å². The fourth-order valence-electron chi connectivity index (χ4n) is 3.42. The van der Waals surface area contributed by atoms with Gasteiger partial charge in [-0.25, -0.2) is 4.39 Å².